The summed E-state index contributed by atoms with van der Waals surface area (Å²) < 4.78 is 6.29. The molecule has 53 heavy (non-hydrogen) atoms. The molecule has 0 bridgehead atoms. The van der Waals surface area contributed by atoms with Gasteiger partial charge in [0.15, 0.2) is 14.1 Å². The predicted octanol–water partition coefficient (Wildman–Crippen LogP) is 5.64. The molecule has 288 valence electrons. The molecule has 3 aromatic rings. The van der Waals surface area contributed by atoms with Crippen molar-refractivity contribution in [3.05, 3.63) is 71.9 Å². The maximum atomic E-state index is 14.1. The van der Waals surface area contributed by atoms with Crippen LogP contribution in [0, 0.1) is 0 Å². The van der Waals surface area contributed by atoms with Gasteiger partial charge in [0.2, 0.25) is 23.6 Å². The Hall–Kier alpha value is -4.29. The number of carbonyl (C=O) groups is 5. The minimum absolute atomic E-state index is 0.00415. The smallest absolute Gasteiger partial charge is 0.246 e. The number of carbonyl (C=O) groups excluding carboxylic acids is 5. The normalized spacial score (nSPS) is 22.5. The van der Waals surface area contributed by atoms with Gasteiger partial charge in [-0.3, -0.25) is 24.0 Å². The van der Waals surface area contributed by atoms with Crippen molar-refractivity contribution in [1.29, 1.82) is 0 Å². The number of aromatic amines is 1. The monoisotopic (exact) mass is 745 g/mol. The summed E-state index contributed by atoms with van der Waals surface area (Å²) >= 11 is 0. The molecule has 1 saturated heterocycles. The molecule has 5 N–H and O–H groups in total. The number of rotatable bonds is 14. The summed E-state index contributed by atoms with van der Waals surface area (Å²) in [5.74, 6) is -1.92. The van der Waals surface area contributed by atoms with Crippen LogP contribution in [0.15, 0.2) is 60.8 Å². The lowest BCUT2D eigenvalue weighted by Crippen LogP contribution is -2.65. The van der Waals surface area contributed by atoms with Crippen molar-refractivity contribution < 1.29 is 28.4 Å². The number of aromatic nitrogens is 1. The van der Waals surface area contributed by atoms with Crippen LogP contribution in [-0.2, 0) is 41.2 Å². The van der Waals surface area contributed by atoms with Gasteiger partial charge in [-0.1, -0.05) is 89.1 Å². The molecule has 0 aliphatic carbocycles. The third kappa shape index (κ3) is 10.9. The van der Waals surface area contributed by atoms with Crippen LogP contribution >= 0.6 is 0 Å². The predicted molar refractivity (Wildman–Crippen MR) is 211 cm³/mol. The Morgan fingerprint density at radius 2 is 1.45 bits per heavy atom. The fourth-order valence-corrected chi connectivity index (χ4v) is 7.67. The fraction of sp³-hybridized carbons (Fsp3) is 0.537. The van der Waals surface area contributed by atoms with Crippen LogP contribution in [0.3, 0.4) is 0 Å². The van der Waals surface area contributed by atoms with Crippen LogP contribution in [0.4, 0.5) is 0 Å². The second kappa shape index (κ2) is 17.7. The van der Waals surface area contributed by atoms with E-state index in [1.807, 2.05) is 67.7 Å². The number of Topliss-reactive ketones (excluding diaryl/α,β-unsaturated/α-hetero) is 1. The van der Waals surface area contributed by atoms with Crippen molar-refractivity contribution in [2.24, 2.45) is 0 Å². The Balaban J connectivity index is 1.53. The number of amides is 4. The summed E-state index contributed by atoms with van der Waals surface area (Å²) in [6, 6.07) is 14.0. The maximum absolute atomic E-state index is 14.1. The van der Waals surface area contributed by atoms with Gasteiger partial charge < -0.3 is 30.7 Å². The summed E-state index contributed by atoms with van der Waals surface area (Å²) in [5.41, 5.74) is 1.21. The Morgan fingerprint density at radius 3 is 2.11 bits per heavy atom. The van der Waals surface area contributed by atoms with Crippen LogP contribution in [0.5, 0.6) is 0 Å². The third-order valence-corrected chi connectivity index (χ3v) is 15.6. The van der Waals surface area contributed by atoms with E-state index in [4.69, 9.17) is 4.43 Å². The van der Waals surface area contributed by atoms with Crippen molar-refractivity contribution >= 4 is 48.6 Å². The van der Waals surface area contributed by atoms with E-state index in [0.29, 0.717) is 25.7 Å². The lowest BCUT2D eigenvalue weighted by Gasteiger charge is -2.38. The number of unbranched alkanes of at least 4 members (excludes halogenated alkanes) is 2. The van der Waals surface area contributed by atoms with Crippen LogP contribution in [0.2, 0.25) is 18.1 Å². The van der Waals surface area contributed by atoms with E-state index in [0.717, 1.165) is 22.0 Å². The molecule has 1 aromatic heterocycles. The SMILES string of the molecule is CC[C@]1(C)NC(=O)[C@H](CCCCCC(=O)[C@@H](C)O[Si](C)(C)C(C)(C)C)NC(=O)[C@@H](Cc2c[nH]c3ccccc23)NC(=O)[C@H](Cc2ccccc2)NC1=O. The molecule has 2 aromatic carbocycles. The first-order valence-electron chi connectivity index (χ1n) is 19.0. The lowest BCUT2D eigenvalue weighted by molar-refractivity contribution is -0.139. The summed E-state index contributed by atoms with van der Waals surface area (Å²) in [4.78, 5) is 72.1. The highest BCUT2D eigenvalue weighted by atomic mass is 28.4. The second-order valence-corrected chi connectivity index (χ2v) is 20.9. The molecule has 1 aliphatic rings. The zero-order chi connectivity index (χ0) is 39.0. The summed E-state index contributed by atoms with van der Waals surface area (Å²) in [6.45, 7) is 15.9. The number of hydrogen-bond donors (Lipinski definition) is 5. The summed E-state index contributed by atoms with van der Waals surface area (Å²) in [5, 5.41) is 12.6. The Kier molecular flexibility index (Phi) is 13.8. The number of nitrogens with one attached hydrogen (secondary N) is 5. The minimum atomic E-state index is -2.09. The second-order valence-electron chi connectivity index (χ2n) is 16.2. The first-order chi connectivity index (χ1) is 24.9. The molecule has 12 heteroatoms. The van der Waals surface area contributed by atoms with Gasteiger partial charge in [-0.05, 0) is 68.4 Å². The number of ketones is 1. The number of hydrogen-bond acceptors (Lipinski definition) is 6. The van der Waals surface area contributed by atoms with E-state index in [-0.39, 0.29) is 36.5 Å². The topological polar surface area (TPSA) is 158 Å². The van der Waals surface area contributed by atoms with Gasteiger partial charge in [0.25, 0.3) is 0 Å². The molecule has 4 amide bonds. The van der Waals surface area contributed by atoms with Gasteiger partial charge in [-0.25, -0.2) is 0 Å². The molecule has 4 rings (SSSR count). The zero-order valence-electron chi connectivity index (χ0n) is 32.7. The van der Waals surface area contributed by atoms with Gasteiger partial charge in [0.1, 0.15) is 29.8 Å². The first-order valence-corrected chi connectivity index (χ1v) is 21.9. The number of fused-ring (bicyclic) bond motifs is 1. The van der Waals surface area contributed by atoms with Gasteiger partial charge in [-0.15, -0.1) is 0 Å². The molecule has 5 atom stereocenters. The molecule has 11 nitrogen and oxygen atoms in total. The molecule has 2 heterocycles. The van der Waals surface area contributed by atoms with Crippen molar-refractivity contribution in [2.45, 2.75) is 141 Å². The van der Waals surface area contributed by atoms with Crippen LogP contribution in [-0.4, -0.2) is 72.5 Å². The molecular weight excluding hydrogens is 687 g/mol. The number of H-pyrrole nitrogens is 1. The third-order valence-electron chi connectivity index (χ3n) is 11.0. The van der Waals surface area contributed by atoms with Crippen molar-refractivity contribution in [2.75, 3.05) is 0 Å². The van der Waals surface area contributed by atoms with Gasteiger partial charge in [0.05, 0.1) is 0 Å². The molecule has 1 fully saturated rings. The summed E-state index contributed by atoms with van der Waals surface area (Å²) in [7, 11) is -2.09. The number of para-hydroxylation sites is 1. The molecule has 0 saturated carbocycles. The average Bonchev–Trinajstić information content (AvgIpc) is 3.51. The van der Waals surface area contributed by atoms with Crippen molar-refractivity contribution in [1.82, 2.24) is 26.3 Å². The fourth-order valence-electron chi connectivity index (χ4n) is 6.30. The highest BCUT2D eigenvalue weighted by Crippen LogP contribution is 2.37. The van der Waals surface area contributed by atoms with E-state index >= 15 is 0 Å². The molecule has 0 spiro atoms. The molecule has 0 radical (unpaired) electrons. The van der Waals surface area contributed by atoms with Crippen molar-refractivity contribution in [3.63, 3.8) is 0 Å². The van der Waals surface area contributed by atoms with E-state index in [2.05, 4.69) is 60.1 Å². The zero-order valence-corrected chi connectivity index (χ0v) is 33.7. The standard InChI is InChI=1S/C41H59N5O6Si/c1-9-41(6)39(51)45-33(24-28-18-12-10-13-19-28)36(48)44-34(25-29-26-42-31-21-17-16-20-30(29)31)37(49)43-32(38(50)46-41)22-14-11-15-23-35(47)27(2)52-53(7,8)40(3,4)5/h10,12-13,16-21,26-27,32-34,42H,9,11,14-15,22-25H2,1-8H3,(H,43,49)(H,44,48)(H,45,51)(H,46,50)/t27-,32+,33+,34-,41+/m1/s1. The van der Waals surface area contributed by atoms with E-state index in [1.54, 1.807) is 13.8 Å². The summed E-state index contributed by atoms with van der Waals surface area (Å²) in [6.07, 6.45) is 4.41. The van der Waals surface area contributed by atoms with E-state index in [9.17, 15) is 24.0 Å². The van der Waals surface area contributed by atoms with Crippen LogP contribution < -0.4 is 21.3 Å². The van der Waals surface area contributed by atoms with Crippen LogP contribution in [0.1, 0.15) is 91.2 Å². The molecular formula is C41H59N5O6Si. The van der Waals surface area contributed by atoms with Crippen molar-refractivity contribution in [3.8, 4) is 0 Å². The Morgan fingerprint density at radius 1 is 0.830 bits per heavy atom. The van der Waals surface area contributed by atoms with E-state index < -0.39 is 61.7 Å². The van der Waals surface area contributed by atoms with Gasteiger partial charge in [-0.2, -0.15) is 0 Å². The number of benzene rings is 2. The highest BCUT2D eigenvalue weighted by molar-refractivity contribution is 6.74. The van der Waals surface area contributed by atoms with Gasteiger partial charge >= 0.3 is 0 Å². The van der Waals surface area contributed by atoms with Gasteiger partial charge in [0, 0.05) is 36.4 Å². The Labute approximate surface area is 315 Å². The lowest BCUT2D eigenvalue weighted by atomic mass is 9.94. The largest absolute Gasteiger partial charge is 0.407 e. The molecule has 0 unspecified atom stereocenters. The van der Waals surface area contributed by atoms with E-state index in [1.165, 1.54) is 0 Å². The minimum Gasteiger partial charge on any atom is -0.407 e. The maximum Gasteiger partial charge on any atom is 0.246 e. The Bertz CT molecular complexity index is 1750. The first kappa shape index (κ1) is 41.5. The molecule has 1 aliphatic heterocycles. The quantitative estimate of drug-likeness (QED) is 0.106. The van der Waals surface area contributed by atoms with Crippen LogP contribution in [0.25, 0.3) is 10.9 Å². The average molecular weight is 746 g/mol. The highest BCUT2D eigenvalue weighted by Gasteiger charge is 2.41.